The smallest absolute Gasteiger partial charge is 0.161 e. The predicted molar refractivity (Wildman–Crippen MR) is 73.4 cm³/mol. The number of methoxy groups -OCH3 is 1. The molecule has 2 rings (SSSR count). The molecule has 0 amide bonds. The monoisotopic (exact) mass is 260 g/mol. The van der Waals surface area contributed by atoms with Gasteiger partial charge in [-0.25, -0.2) is 0 Å². The fraction of sp³-hybridized carbons (Fsp3) is 0.533. The highest BCUT2D eigenvalue weighted by atomic mass is 16.5. The van der Waals surface area contributed by atoms with Crippen molar-refractivity contribution < 1.29 is 9.47 Å². The molecule has 1 aliphatic carbocycles. The molecule has 1 atom stereocenters. The van der Waals surface area contributed by atoms with E-state index in [1.807, 2.05) is 18.2 Å². The Hall–Kier alpha value is -1.73. The molecule has 0 radical (unpaired) electrons. The van der Waals surface area contributed by atoms with Gasteiger partial charge in [0.1, 0.15) is 12.6 Å². The molecule has 0 bridgehead atoms. The number of nitriles is 1. The van der Waals surface area contributed by atoms with Crippen molar-refractivity contribution in [1.82, 2.24) is 5.32 Å². The van der Waals surface area contributed by atoms with E-state index >= 15 is 0 Å². The number of aryl methyl sites for hydroxylation is 1. The van der Waals surface area contributed by atoms with Crippen molar-refractivity contribution >= 4 is 0 Å². The Kier molecular flexibility index (Phi) is 4.64. The average Bonchev–Trinajstić information content (AvgIpc) is 3.27. The average molecular weight is 260 g/mol. The van der Waals surface area contributed by atoms with Gasteiger partial charge < -0.3 is 9.47 Å². The van der Waals surface area contributed by atoms with Crippen LogP contribution < -0.4 is 14.8 Å². The molecule has 0 aliphatic heterocycles. The van der Waals surface area contributed by atoms with Gasteiger partial charge in [-0.15, -0.1) is 0 Å². The molecule has 4 heteroatoms. The quantitative estimate of drug-likeness (QED) is 0.817. The normalized spacial score (nSPS) is 15.6. The van der Waals surface area contributed by atoms with Gasteiger partial charge in [0, 0.05) is 6.04 Å². The highest BCUT2D eigenvalue weighted by molar-refractivity contribution is 5.43. The summed E-state index contributed by atoms with van der Waals surface area (Å²) in [4.78, 5) is 0. The lowest BCUT2D eigenvalue weighted by atomic mass is 10.1. The van der Waals surface area contributed by atoms with Crippen LogP contribution in [0.4, 0.5) is 0 Å². The van der Waals surface area contributed by atoms with Crippen LogP contribution in [-0.4, -0.2) is 25.8 Å². The van der Waals surface area contributed by atoms with Crippen LogP contribution in [0.1, 0.15) is 25.3 Å². The minimum Gasteiger partial charge on any atom is -0.493 e. The third-order valence-electron chi connectivity index (χ3n) is 3.21. The summed E-state index contributed by atoms with van der Waals surface area (Å²) in [7, 11) is 1.63. The van der Waals surface area contributed by atoms with Crippen molar-refractivity contribution in [2.75, 3.05) is 13.7 Å². The number of rotatable bonds is 7. The van der Waals surface area contributed by atoms with Gasteiger partial charge in [-0.05, 0) is 37.0 Å². The van der Waals surface area contributed by atoms with E-state index in [1.54, 1.807) is 7.11 Å². The fourth-order valence-electron chi connectivity index (χ4n) is 1.88. The number of ether oxygens (including phenoxy) is 2. The summed E-state index contributed by atoms with van der Waals surface area (Å²) < 4.78 is 11.0. The summed E-state index contributed by atoms with van der Waals surface area (Å²) in [5, 5.41) is 12.3. The zero-order valence-corrected chi connectivity index (χ0v) is 11.5. The number of benzene rings is 1. The van der Waals surface area contributed by atoms with Crippen LogP contribution in [0.2, 0.25) is 0 Å². The summed E-state index contributed by atoms with van der Waals surface area (Å²) in [5.41, 5.74) is 1.21. The van der Waals surface area contributed by atoms with Crippen LogP contribution in [0.5, 0.6) is 11.5 Å². The molecule has 1 N–H and O–H groups in total. The maximum Gasteiger partial charge on any atom is 0.161 e. The molecule has 1 aromatic rings. The molecule has 102 valence electrons. The van der Waals surface area contributed by atoms with Gasteiger partial charge in [-0.3, -0.25) is 5.32 Å². The van der Waals surface area contributed by atoms with Gasteiger partial charge in [0.15, 0.2) is 11.5 Å². The summed E-state index contributed by atoms with van der Waals surface area (Å²) in [5.74, 6) is 1.42. The molecule has 1 aliphatic rings. The molecular weight excluding hydrogens is 240 g/mol. The largest absolute Gasteiger partial charge is 0.493 e. The summed E-state index contributed by atoms with van der Waals surface area (Å²) in [6.45, 7) is 2.44. The third-order valence-corrected chi connectivity index (χ3v) is 3.21. The SMILES string of the molecule is CCc1ccc(OCC(C#N)NC2CC2)c(OC)c1. The van der Waals surface area contributed by atoms with E-state index in [9.17, 15) is 0 Å². The Morgan fingerprint density at radius 1 is 1.42 bits per heavy atom. The maximum atomic E-state index is 9.07. The minimum absolute atomic E-state index is 0.261. The van der Waals surface area contributed by atoms with Gasteiger partial charge in [-0.2, -0.15) is 5.26 Å². The van der Waals surface area contributed by atoms with Crippen molar-refractivity contribution in [2.45, 2.75) is 38.3 Å². The predicted octanol–water partition coefficient (Wildman–Crippen LogP) is 2.28. The van der Waals surface area contributed by atoms with E-state index in [-0.39, 0.29) is 6.04 Å². The molecule has 1 saturated carbocycles. The van der Waals surface area contributed by atoms with Crippen molar-refractivity contribution in [3.8, 4) is 17.6 Å². The first kappa shape index (κ1) is 13.7. The molecule has 4 nitrogen and oxygen atoms in total. The summed E-state index contributed by atoms with van der Waals surface area (Å²) >= 11 is 0. The van der Waals surface area contributed by atoms with Crippen molar-refractivity contribution in [2.24, 2.45) is 0 Å². The number of nitrogens with one attached hydrogen (secondary N) is 1. The van der Waals surface area contributed by atoms with Crippen LogP contribution in [0.3, 0.4) is 0 Å². The molecule has 1 fully saturated rings. The van der Waals surface area contributed by atoms with E-state index in [2.05, 4.69) is 18.3 Å². The molecule has 0 spiro atoms. The van der Waals surface area contributed by atoms with Gasteiger partial charge >= 0.3 is 0 Å². The van der Waals surface area contributed by atoms with Crippen LogP contribution >= 0.6 is 0 Å². The Morgan fingerprint density at radius 2 is 2.21 bits per heavy atom. The number of nitrogens with zero attached hydrogens (tertiary/aromatic N) is 1. The zero-order valence-electron chi connectivity index (χ0n) is 11.5. The van der Waals surface area contributed by atoms with Crippen molar-refractivity contribution in [1.29, 1.82) is 5.26 Å². The lowest BCUT2D eigenvalue weighted by Crippen LogP contribution is -2.34. The molecular formula is C15H20N2O2. The molecule has 19 heavy (non-hydrogen) atoms. The van der Waals surface area contributed by atoms with Crippen molar-refractivity contribution in [3.63, 3.8) is 0 Å². The second-order valence-corrected chi connectivity index (χ2v) is 4.77. The Labute approximate surface area is 114 Å². The van der Waals surface area contributed by atoms with Gasteiger partial charge in [-0.1, -0.05) is 13.0 Å². The standard InChI is InChI=1S/C15H20N2O2/c1-3-11-4-7-14(15(8-11)18-2)19-10-13(9-16)17-12-5-6-12/h4,7-8,12-13,17H,3,5-6,10H2,1-2H3. The van der Waals surface area contributed by atoms with Crippen LogP contribution in [-0.2, 0) is 6.42 Å². The Morgan fingerprint density at radius 3 is 2.79 bits per heavy atom. The number of hydrogen-bond donors (Lipinski definition) is 1. The summed E-state index contributed by atoms with van der Waals surface area (Å²) in [6.07, 6.45) is 3.28. The molecule has 0 aromatic heterocycles. The van der Waals surface area contributed by atoms with Crippen molar-refractivity contribution in [3.05, 3.63) is 23.8 Å². The van der Waals surface area contributed by atoms with E-state index < -0.39 is 0 Å². The Bertz CT molecular complexity index is 464. The van der Waals surface area contributed by atoms with Gasteiger partial charge in [0.2, 0.25) is 0 Å². The minimum atomic E-state index is -0.261. The molecule has 0 saturated heterocycles. The zero-order chi connectivity index (χ0) is 13.7. The van der Waals surface area contributed by atoms with Gasteiger partial charge in [0.05, 0.1) is 13.2 Å². The van der Waals surface area contributed by atoms with E-state index in [4.69, 9.17) is 14.7 Å². The Balaban J connectivity index is 1.95. The lowest BCUT2D eigenvalue weighted by molar-refractivity contribution is 0.272. The van der Waals surface area contributed by atoms with Crippen LogP contribution in [0.25, 0.3) is 0 Å². The first-order chi connectivity index (χ1) is 9.26. The second-order valence-electron chi connectivity index (χ2n) is 4.77. The lowest BCUT2D eigenvalue weighted by Gasteiger charge is -2.15. The molecule has 1 unspecified atom stereocenters. The van der Waals surface area contributed by atoms with Crippen LogP contribution in [0, 0.1) is 11.3 Å². The first-order valence-corrected chi connectivity index (χ1v) is 6.72. The van der Waals surface area contributed by atoms with Crippen LogP contribution in [0.15, 0.2) is 18.2 Å². The topological polar surface area (TPSA) is 54.3 Å². The highest BCUT2D eigenvalue weighted by Gasteiger charge is 2.24. The third kappa shape index (κ3) is 3.87. The van der Waals surface area contributed by atoms with E-state index in [0.29, 0.717) is 18.4 Å². The number of hydrogen-bond acceptors (Lipinski definition) is 4. The summed E-state index contributed by atoms with van der Waals surface area (Å²) in [6, 6.07) is 8.37. The fourth-order valence-corrected chi connectivity index (χ4v) is 1.88. The maximum absolute atomic E-state index is 9.07. The first-order valence-electron chi connectivity index (χ1n) is 6.72. The van der Waals surface area contributed by atoms with E-state index in [0.717, 1.165) is 25.0 Å². The highest BCUT2D eigenvalue weighted by Crippen LogP contribution is 2.28. The molecule has 0 heterocycles. The molecule has 1 aromatic carbocycles. The van der Waals surface area contributed by atoms with E-state index in [1.165, 1.54) is 5.56 Å². The second kappa shape index (κ2) is 6.44. The van der Waals surface area contributed by atoms with Gasteiger partial charge in [0.25, 0.3) is 0 Å².